The Balaban J connectivity index is 2.14. The van der Waals surface area contributed by atoms with Crippen LogP contribution in [0.1, 0.15) is 19.3 Å². The fourth-order valence-electron chi connectivity index (χ4n) is 1.87. The average Bonchev–Trinajstić information content (AvgIpc) is 2.86. The van der Waals surface area contributed by atoms with Crippen molar-refractivity contribution >= 4 is 28.9 Å². The molecule has 0 aliphatic heterocycles. The van der Waals surface area contributed by atoms with Gasteiger partial charge in [-0.3, -0.25) is 9.59 Å². The van der Waals surface area contributed by atoms with Gasteiger partial charge in [0.2, 0.25) is 0 Å². The molecule has 2 rings (SSSR count). The number of carbonyl (C=O) groups is 2. The van der Waals surface area contributed by atoms with Crippen LogP contribution in [-0.2, 0) is 16.1 Å². The molecule has 0 fully saturated rings. The molecule has 0 spiro atoms. The molecule has 0 saturated carbocycles. The number of carboxylic acids is 1. The third-order valence-electron chi connectivity index (χ3n) is 2.93. The van der Waals surface area contributed by atoms with Crippen LogP contribution in [0.5, 0.6) is 0 Å². The van der Waals surface area contributed by atoms with Gasteiger partial charge in [-0.2, -0.15) is 13.2 Å². The van der Waals surface area contributed by atoms with E-state index in [0.29, 0.717) is 19.4 Å². The topological polar surface area (TPSA) is 110 Å². The standard InChI is InChI=1S/C12H12F3N5O3/c13-12(14,15)11(23)19-9-8-10(17-5-16-9)20(6-18-8)4-2-1-3-7(21)22/h5-6H,1-4H2,(H,21,22)(H,16,17,19,23). The van der Waals surface area contributed by atoms with Gasteiger partial charge in [-0.05, 0) is 12.8 Å². The first-order chi connectivity index (χ1) is 10.8. The monoisotopic (exact) mass is 331 g/mol. The SMILES string of the molecule is O=C(O)CCCCn1cnc2c(NC(=O)C(F)(F)F)ncnc21. The van der Waals surface area contributed by atoms with E-state index in [1.807, 2.05) is 0 Å². The smallest absolute Gasteiger partial charge is 0.471 e. The zero-order valence-electron chi connectivity index (χ0n) is 11.7. The lowest BCUT2D eigenvalue weighted by atomic mass is 10.2. The van der Waals surface area contributed by atoms with Crippen LogP contribution in [-0.4, -0.2) is 42.7 Å². The maximum absolute atomic E-state index is 12.3. The van der Waals surface area contributed by atoms with Crippen molar-refractivity contribution in [2.24, 2.45) is 0 Å². The van der Waals surface area contributed by atoms with Gasteiger partial charge in [0.15, 0.2) is 17.0 Å². The Bertz CT molecular complexity index is 728. The van der Waals surface area contributed by atoms with Gasteiger partial charge in [-0.15, -0.1) is 0 Å². The van der Waals surface area contributed by atoms with Gasteiger partial charge in [0, 0.05) is 13.0 Å². The zero-order valence-corrected chi connectivity index (χ0v) is 11.7. The maximum atomic E-state index is 12.3. The highest BCUT2D eigenvalue weighted by molar-refractivity contribution is 5.99. The van der Waals surface area contributed by atoms with Gasteiger partial charge < -0.3 is 15.0 Å². The number of aliphatic carboxylic acids is 1. The van der Waals surface area contributed by atoms with Crippen molar-refractivity contribution in [3.8, 4) is 0 Å². The Morgan fingerprint density at radius 2 is 1.96 bits per heavy atom. The highest BCUT2D eigenvalue weighted by Gasteiger charge is 2.39. The summed E-state index contributed by atoms with van der Waals surface area (Å²) >= 11 is 0. The van der Waals surface area contributed by atoms with Gasteiger partial charge >= 0.3 is 18.1 Å². The number of nitrogens with zero attached hydrogens (tertiary/aromatic N) is 4. The minimum atomic E-state index is -5.03. The molecule has 0 radical (unpaired) electrons. The molecule has 23 heavy (non-hydrogen) atoms. The summed E-state index contributed by atoms with van der Waals surface area (Å²) in [7, 11) is 0. The Morgan fingerprint density at radius 1 is 1.22 bits per heavy atom. The quantitative estimate of drug-likeness (QED) is 0.778. The molecule has 8 nitrogen and oxygen atoms in total. The van der Waals surface area contributed by atoms with Crippen molar-refractivity contribution in [3.63, 3.8) is 0 Å². The number of rotatable bonds is 6. The summed E-state index contributed by atoms with van der Waals surface area (Å²) in [6.45, 7) is 0.396. The Kier molecular flexibility index (Phi) is 4.77. The number of unbranched alkanes of at least 4 members (excludes halogenated alkanes) is 1. The summed E-state index contributed by atoms with van der Waals surface area (Å²) in [6.07, 6.45) is -1.66. The van der Waals surface area contributed by atoms with Crippen molar-refractivity contribution in [1.82, 2.24) is 19.5 Å². The van der Waals surface area contributed by atoms with Crippen molar-refractivity contribution < 1.29 is 27.9 Å². The van der Waals surface area contributed by atoms with Crippen molar-refractivity contribution in [3.05, 3.63) is 12.7 Å². The predicted octanol–water partition coefficient (Wildman–Crippen LogP) is 1.58. The average molecular weight is 331 g/mol. The van der Waals surface area contributed by atoms with Crippen LogP contribution in [0.3, 0.4) is 0 Å². The van der Waals surface area contributed by atoms with Crippen LogP contribution in [0.25, 0.3) is 11.2 Å². The van der Waals surface area contributed by atoms with Crippen molar-refractivity contribution in [2.75, 3.05) is 5.32 Å². The van der Waals surface area contributed by atoms with Crippen LogP contribution >= 0.6 is 0 Å². The van der Waals surface area contributed by atoms with Crippen LogP contribution < -0.4 is 5.32 Å². The normalized spacial score (nSPS) is 11.6. The van der Waals surface area contributed by atoms with E-state index in [1.54, 1.807) is 9.88 Å². The summed E-state index contributed by atoms with van der Waals surface area (Å²) in [5, 5.41) is 10.2. The predicted molar refractivity (Wildman–Crippen MR) is 71.5 cm³/mol. The number of anilines is 1. The molecule has 0 atom stereocenters. The van der Waals surface area contributed by atoms with Crippen LogP contribution in [0, 0.1) is 0 Å². The molecule has 124 valence electrons. The molecule has 2 N–H and O–H groups in total. The fraction of sp³-hybridized carbons (Fsp3) is 0.417. The van der Waals surface area contributed by atoms with E-state index in [1.165, 1.54) is 6.33 Å². The van der Waals surface area contributed by atoms with E-state index in [4.69, 9.17) is 5.11 Å². The van der Waals surface area contributed by atoms with E-state index in [-0.39, 0.29) is 23.4 Å². The van der Waals surface area contributed by atoms with Gasteiger partial charge in [-0.1, -0.05) is 0 Å². The number of alkyl halides is 3. The number of aromatic nitrogens is 4. The minimum absolute atomic E-state index is 0.0223. The van der Waals surface area contributed by atoms with Crippen molar-refractivity contribution in [2.45, 2.75) is 32.0 Å². The van der Waals surface area contributed by atoms with Crippen LogP contribution in [0.15, 0.2) is 12.7 Å². The highest BCUT2D eigenvalue weighted by Crippen LogP contribution is 2.21. The molecule has 1 amide bonds. The largest absolute Gasteiger partial charge is 0.481 e. The van der Waals surface area contributed by atoms with E-state index < -0.39 is 18.1 Å². The van der Waals surface area contributed by atoms with Crippen molar-refractivity contribution in [1.29, 1.82) is 0 Å². The van der Waals surface area contributed by atoms with Gasteiger partial charge in [0.05, 0.1) is 6.33 Å². The molecular weight excluding hydrogens is 319 g/mol. The number of aryl methyl sites for hydroxylation is 1. The van der Waals surface area contributed by atoms with Crippen LogP contribution in [0.2, 0.25) is 0 Å². The van der Waals surface area contributed by atoms with Gasteiger partial charge in [-0.25, -0.2) is 15.0 Å². The van der Waals surface area contributed by atoms with Crippen LogP contribution in [0.4, 0.5) is 19.0 Å². The summed E-state index contributed by atoms with van der Waals surface area (Å²) in [5.41, 5.74) is 0.288. The summed E-state index contributed by atoms with van der Waals surface area (Å²) in [4.78, 5) is 32.8. The molecule has 2 aromatic rings. The summed E-state index contributed by atoms with van der Waals surface area (Å²) < 4.78 is 38.4. The molecule has 0 unspecified atom stereocenters. The number of imidazole rings is 1. The zero-order chi connectivity index (χ0) is 17.0. The lowest BCUT2D eigenvalue weighted by molar-refractivity contribution is -0.167. The number of hydrogen-bond donors (Lipinski definition) is 2. The number of nitrogens with one attached hydrogen (secondary N) is 1. The second-order valence-corrected chi connectivity index (χ2v) is 4.64. The molecule has 0 saturated heterocycles. The minimum Gasteiger partial charge on any atom is -0.481 e. The van der Waals surface area contributed by atoms with E-state index in [2.05, 4.69) is 15.0 Å². The van der Waals surface area contributed by atoms with Gasteiger partial charge in [0.1, 0.15) is 6.33 Å². The highest BCUT2D eigenvalue weighted by atomic mass is 19.4. The number of halogens is 3. The molecule has 2 aromatic heterocycles. The first-order valence-electron chi connectivity index (χ1n) is 6.55. The molecule has 0 bridgehead atoms. The molecule has 0 aliphatic rings. The Labute approximate surface area is 127 Å². The number of carboxylic acid groups (broad SMARTS) is 1. The third kappa shape index (κ3) is 4.14. The summed E-state index contributed by atoms with van der Waals surface area (Å²) in [6, 6.07) is 0. The lowest BCUT2D eigenvalue weighted by Crippen LogP contribution is -2.30. The van der Waals surface area contributed by atoms with E-state index >= 15 is 0 Å². The molecule has 11 heteroatoms. The Morgan fingerprint density at radius 3 is 2.61 bits per heavy atom. The first kappa shape index (κ1) is 16.6. The second kappa shape index (κ2) is 6.58. The first-order valence-corrected chi connectivity index (χ1v) is 6.55. The number of amides is 1. The lowest BCUT2D eigenvalue weighted by Gasteiger charge is -2.07. The molecule has 0 aliphatic carbocycles. The Hall–Kier alpha value is -2.72. The van der Waals surface area contributed by atoms with Gasteiger partial charge in [0.25, 0.3) is 0 Å². The third-order valence-corrected chi connectivity index (χ3v) is 2.93. The maximum Gasteiger partial charge on any atom is 0.471 e. The molecule has 2 heterocycles. The second-order valence-electron chi connectivity index (χ2n) is 4.64. The number of hydrogen-bond acceptors (Lipinski definition) is 5. The fourth-order valence-corrected chi connectivity index (χ4v) is 1.87. The van der Waals surface area contributed by atoms with E-state index in [0.717, 1.165) is 6.33 Å². The number of carbonyl (C=O) groups excluding carboxylic acids is 1. The molecule has 0 aromatic carbocycles. The molecular formula is C12H12F3N5O3. The van der Waals surface area contributed by atoms with E-state index in [9.17, 15) is 22.8 Å². The summed E-state index contributed by atoms with van der Waals surface area (Å²) in [5.74, 6) is -3.38. The number of fused-ring (bicyclic) bond motifs is 1.